The third kappa shape index (κ3) is 5.85. The lowest BCUT2D eigenvalue weighted by Gasteiger charge is -2.15. The molecule has 6 nitrogen and oxygen atoms in total. The Balaban J connectivity index is 2.05. The molecule has 1 amide bonds. The molecule has 0 spiro atoms. The lowest BCUT2D eigenvalue weighted by molar-refractivity contribution is 0.0940. The number of hydrogen-bond acceptors (Lipinski definition) is 4. The Hall–Kier alpha value is -2.29. The van der Waals surface area contributed by atoms with Crippen LogP contribution in [0.3, 0.4) is 0 Å². The highest BCUT2D eigenvalue weighted by atomic mass is 32.2. The molecule has 146 valence electrons. The zero-order valence-corrected chi connectivity index (χ0v) is 16.2. The average molecular weight is 394 g/mol. The summed E-state index contributed by atoms with van der Waals surface area (Å²) < 4.78 is 45.0. The highest BCUT2D eigenvalue weighted by Crippen LogP contribution is 2.15. The van der Waals surface area contributed by atoms with Gasteiger partial charge in [0.2, 0.25) is 10.0 Å². The molecule has 0 bridgehead atoms. The van der Waals surface area contributed by atoms with Crippen LogP contribution < -0.4 is 10.0 Å². The molecule has 8 heteroatoms. The van der Waals surface area contributed by atoms with Crippen LogP contribution in [0.1, 0.15) is 35.8 Å². The largest absolute Gasteiger partial charge is 0.383 e. The lowest BCUT2D eigenvalue weighted by atomic mass is 10.1. The standard InChI is InChI=1S/C19H23FN2O4S/c1-13(12-26-3)22-27(24,25)18-10-6-16(7-11-18)19(23)21-14(2)15-4-8-17(20)9-5-15/h4-11,13-14,22H,12H2,1-3H3,(H,21,23)/t13-,14-/m1/s1. The van der Waals surface area contributed by atoms with Crippen molar-refractivity contribution in [1.29, 1.82) is 0 Å². The Morgan fingerprint density at radius 2 is 1.67 bits per heavy atom. The summed E-state index contributed by atoms with van der Waals surface area (Å²) in [6.45, 7) is 3.73. The fourth-order valence-electron chi connectivity index (χ4n) is 2.52. The van der Waals surface area contributed by atoms with Gasteiger partial charge in [-0.1, -0.05) is 12.1 Å². The van der Waals surface area contributed by atoms with E-state index in [1.54, 1.807) is 26.0 Å². The zero-order chi connectivity index (χ0) is 20.0. The molecule has 2 rings (SSSR count). The Bertz CT molecular complexity index is 868. The van der Waals surface area contributed by atoms with Gasteiger partial charge in [0.05, 0.1) is 17.5 Å². The minimum absolute atomic E-state index is 0.0635. The highest BCUT2D eigenvalue weighted by Gasteiger charge is 2.18. The molecule has 2 N–H and O–H groups in total. The minimum Gasteiger partial charge on any atom is -0.383 e. The summed E-state index contributed by atoms with van der Waals surface area (Å²) in [4.78, 5) is 12.4. The van der Waals surface area contributed by atoms with E-state index >= 15 is 0 Å². The predicted octanol–water partition coefficient (Wildman–Crippen LogP) is 2.63. The van der Waals surface area contributed by atoms with Crippen molar-refractivity contribution in [3.8, 4) is 0 Å². The van der Waals surface area contributed by atoms with Crippen LogP contribution in [0, 0.1) is 5.82 Å². The van der Waals surface area contributed by atoms with Gasteiger partial charge in [-0.05, 0) is 55.8 Å². The van der Waals surface area contributed by atoms with E-state index in [0.29, 0.717) is 5.56 Å². The summed E-state index contributed by atoms with van der Waals surface area (Å²) in [6.07, 6.45) is 0. The van der Waals surface area contributed by atoms with Gasteiger partial charge in [0, 0.05) is 18.7 Å². The number of nitrogens with one attached hydrogen (secondary N) is 2. The third-order valence-electron chi connectivity index (χ3n) is 3.92. The molecule has 0 aliphatic carbocycles. The fraction of sp³-hybridized carbons (Fsp3) is 0.316. The smallest absolute Gasteiger partial charge is 0.251 e. The lowest BCUT2D eigenvalue weighted by Crippen LogP contribution is -2.35. The van der Waals surface area contributed by atoms with Crippen LogP contribution in [0.2, 0.25) is 0 Å². The Labute approximate surface area is 158 Å². The number of methoxy groups -OCH3 is 1. The van der Waals surface area contributed by atoms with Crippen molar-refractivity contribution in [2.24, 2.45) is 0 Å². The fourth-order valence-corrected chi connectivity index (χ4v) is 3.75. The first-order valence-corrected chi connectivity index (χ1v) is 9.89. The van der Waals surface area contributed by atoms with E-state index in [1.807, 2.05) is 0 Å². The number of sulfonamides is 1. The zero-order valence-electron chi connectivity index (χ0n) is 15.4. The molecule has 2 atom stereocenters. The minimum atomic E-state index is -3.69. The molecular formula is C19H23FN2O4S. The summed E-state index contributed by atoms with van der Waals surface area (Å²) in [6, 6.07) is 10.8. The molecule has 0 aliphatic rings. The second kappa shape index (κ2) is 9.07. The molecule has 27 heavy (non-hydrogen) atoms. The highest BCUT2D eigenvalue weighted by molar-refractivity contribution is 7.89. The van der Waals surface area contributed by atoms with Crippen LogP contribution in [0.15, 0.2) is 53.4 Å². The molecule has 0 aromatic heterocycles. The number of amides is 1. The Morgan fingerprint density at radius 1 is 1.07 bits per heavy atom. The van der Waals surface area contributed by atoms with E-state index in [9.17, 15) is 17.6 Å². The van der Waals surface area contributed by atoms with Crippen molar-refractivity contribution in [3.05, 3.63) is 65.5 Å². The van der Waals surface area contributed by atoms with E-state index in [0.717, 1.165) is 5.56 Å². The van der Waals surface area contributed by atoms with Crippen LogP contribution >= 0.6 is 0 Å². The maximum Gasteiger partial charge on any atom is 0.251 e. The van der Waals surface area contributed by atoms with E-state index in [1.165, 1.54) is 43.5 Å². The van der Waals surface area contributed by atoms with Crippen molar-refractivity contribution in [1.82, 2.24) is 10.0 Å². The number of benzene rings is 2. The SMILES string of the molecule is COC[C@@H](C)NS(=O)(=O)c1ccc(C(=O)N[C@H](C)c2ccc(F)cc2)cc1. The van der Waals surface area contributed by atoms with Crippen molar-refractivity contribution in [3.63, 3.8) is 0 Å². The third-order valence-corrected chi connectivity index (χ3v) is 5.52. The second-order valence-electron chi connectivity index (χ2n) is 6.25. The number of halogens is 1. The Morgan fingerprint density at radius 3 is 2.22 bits per heavy atom. The molecule has 2 aromatic carbocycles. The quantitative estimate of drug-likeness (QED) is 0.721. The molecule has 0 fully saturated rings. The molecular weight excluding hydrogens is 371 g/mol. The molecule has 0 saturated carbocycles. The number of ether oxygens (including phenoxy) is 1. The summed E-state index contributed by atoms with van der Waals surface area (Å²) in [5.41, 5.74) is 1.09. The van der Waals surface area contributed by atoms with Crippen LogP contribution in [-0.4, -0.2) is 34.1 Å². The first kappa shape index (κ1) is 21.0. The molecule has 0 radical (unpaired) electrons. The van der Waals surface area contributed by atoms with Crippen molar-refractivity contribution < 1.29 is 22.3 Å². The van der Waals surface area contributed by atoms with Gasteiger partial charge in [0.15, 0.2) is 0 Å². The van der Waals surface area contributed by atoms with Crippen molar-refractivity contribution in [2.75, 3.05) is 13.7 Å². The number of rotatable bonds is 8. The van der Waals surface area contributed by atoms with Gasteiger partial charge in [-0.15, -0.1) is 0 Å². The monoisotopic (exact) mass is 394 g/mol. The van der Waals surface area contributed by atoms with Gasteiger partial charge >= 0.3 is 0 Å². The Kier molecular flexibility index (Phi) is 7.06. The van der Waals surface area contributed by atoms with Gasteiger partial charge in [0.25, 0.3) is 5.91 Å². The first-order chi connectivity index (χ1) is 12.7. The molecule has 0 unspecified atom stereocenters. The normalized spacial score (nSPS) is 13.8. The van der Waals surface area contributed by atoms with E-state index in [4.69, 9.17) is 4.74 Å². The van der Waals surface area contributed by atoms with Gasteiger partial charge in [-0.25, -0.2) is 17.5 Å². The molecule has 2 aromatic rings. The number of hydrogen-bond donors (Lipinski definition) is 2. The average Bonchev–Trinajstić information content (AvgIpc) is 2.62. The summed E-state index contributed by atoms with van der Waals surface area (Å²) >= 11 is 0. The maximum absolute atomic E-state index is 13.0. The molecule has 0 aliphatic heterocycles. The summed E-state index contributed by atoms with van der Waals surface area (Å²) in [5, 5.41) is 2.80. The molecule has 0 saturated heterocycles. The van der Waals surface area contributed by atoms with E-state index in [-0.39, 0.29) is 35.3 Å². The van der Waals surface area contributed by atoms with Gasteiger partial charge in [-0.2, -0.15) is 0 Å². The van der Waals surface area contributed by atoms with Crippen LogP contribution in [0.25, 0.3) is 0 Å². The molecule has 0 heterocycles. The van der Waals surface area contributed by atoms with Gasteiger partial charge in [-0.3, -0.25) is 4.79 Å². The van der Waals surface area contributed by atoms with Gasteiger partial charge < -0.3 is 10.1 Å². The van der Waals surface area contributed by atoms with E-state index in [2.05, 4.69) is 10.0 Å². The van der Waals surface area contributed by atoms with Crippen LogP contribution in [0.4, 0.5) is 4.39 Å². The van der Waals surface area contributed by atoms with Gasteiger partial charge in [0.1, 0.15) is 5.82 Å². The topological polar surface area (TPSA) is 84.5 Å². The summed E-state index contributed by atoms with van der Waals surface area (Å²) in [7, 11) is -2.20. The first-order valence-electron chi connectivity index (χ1n) is 8.40. The maximum atomic E-state index is 13.0. The predicted molar refractivity (Wildman–Crippen MR) is 100 cm³/mol. The van der Waals surface area contributed by atoms with Crippen molar-refractivity contribution in [2.45, 2.75) is 30.8 Å². The number of carbonyl (C=O) groups excluding carboxylic acids is 1. The van der Waals surface area contributed by atoms with Crippen LogP contribution in [0.5, 0.6) is 0 Å². The summed E-state index contributed by atoms with van der Waals surface area (Å²) in [5.74, 6) is -0.695. The number of carbonyl (C=O) groups is 1. The van der Waals surface area contributed by atoms with Crippen molar-refractivity contribution >= 4 is 15.9 Å². The van der Waals surface area contributed by atoms with Crippen LogP contribution in [-0.2, 0) is 14.8 Å². The second-order valence-corrected chi connectivity index (χ2v) is 7.96. The van der Waals surface area contributed by atoms with E-state index < -0.39 is 10.0 Å².